The molecule has 2 atom stereocenters. The van der Waals surface area contributed by atoms with Gasteiger partial charge in [-0.1, -0.05) is 74.0 Å². The van der Waals surface area contributed by atoms with E-state index in [4.69, 9.17) is 11.6 Å². The predicted molar refractivity (Wildman–Crippen MR) is 119 cm³/mol. The van der Waals surface area contributed by atoms with Crippen molar-refractivity contribution in [3.63, 3.8) is 0 Å². The summed E-state index contributed by atoms with van der Waals surface area (Å²) in [7, 11) is 0. The van der Waals surface area contributed by atoms with E-state index in [-0.39, 0.29) is 17.9 Å². The molecule has 5 heteroatoms. The lowest BCUT2D eigenvalue weighted by molar-refractivity contribution is -0.141. The van der Waals surface area contributed by atoms with E-state index in [2.05, 4.69) is 5.32 Å². The van der Waals surface area contributed by atoms with Crippen LogP contribution in [0.2, 0.25) is 5.02 Å². The number of hydrogen-bond acceptors (Lipinski definition) is 2. The summed E-state index contributed by atoms with van der Waals surface area (Å²) in [5, 5.41) is 3.63. The fourth-order valence-corrected chi connectivity index (χ4v) is 3.41. The largest absolute Gasteiger partial charge is 0.352 e. The van der Waals surface area contributed by atoms with Crippen molar-refractivity contribution in [3.8, 4) is 0 Å². The van der Waals surface area contributed by atoms with Crippen LogP contribution in [0.1, 0.15) is 51.2 Å². The van der Waals surface area contributed by atoms with Crippen LogP contribution in [0.5, 0.6) is 0 Å². The number of carbonyl (C=O) groups is 2. The van der Waals surface area contributed by atoms with Crippen LogP contribution in [-0.2, 0) is 22.6 Å². The average Bonchev–Trinajstić information content (AvgIpc) is 2.73. The van der Waals surface area contributed by atoms with E-state index in [0.29, 0.717) is 30.8 Å². The van der Waals surface area contributed by atoms with Crippen LogP contribution in [-0.4, -0.2) is 28.8 Å². The first-order valence-corrected chi connectivity index (χ1v) is 10.7. The van der Waals surface area contributed by atoms with Gasteiger partial charge in [-0.2, -0.15) is 0 Å². The second-order valence-corrected chi connectivity index (χ2v) is 7.75. The van der Waals surface area contributed by atoms with E-state index in [1.165, 1.54) is 0 Å². The maximum Gasteiger partial charge on any atom is 0.243 e. The van der Waals surface area contributed by atoms with Crippen molar-refractivity contribution in [2.75, 3.05) is 0 Å². The van der Waals surface area contributed by atoms with Gasteiger partial charge in [-0.3, -0.25) is 9.59 Å². The molecule has 2 aromatic carbocycles. The third-order valence-electron chi connectivity index (χ3n) is 5.16. The Bertz CT molecular complexity index is 794. The highest BCUT2D eigenvalue weighted by molar-refractivity contribution is 6.31. The third-order valence-corrected chi connectivity index (χ3v) is 5.52. The minimum atomic E-state index is -0.524. The first-order valence-electron chi connectivity index (χ1n) is 10.3. The van der Waals surface area contributed by atoms with Crippen LogP contribution < -0.4 is 5.32 Å². The standard InChI is InChI=1S/C24H31ClN2O2/c1-4-18(3)26-24(29)22(5-2)27(17-20-13-9-10-14-21(20)25)23(28)16-15-19-11-7-6-8-12-19/h6-14,18,22H,4-5,15-17H2,1-3H3,(H,26,29)/t18-,22+/m0/s1. The van der Waals surface area contributed by atoms with Crippen molar-refractivity contribution in [1.82, 2.24) is 10.2 Å². The Morgan fingerprint density at radius 1 is 1.00 bits per heavy atom. The van der Waals surface area contributed by atoms with Gasteiger partial charge in [0.2, 0.25) is 11.8 Å². The Labute approximate surface area is 179 Å². The number of amides is 2. The molecule has 0 unspecified atom stereocenters. The van der Waals surface area contributed by atoms with Gasteiger partial charge in [0, 0.05) is 24.0 Å². The Hall–Kier alpha value is -2.33. The maximum atomic E-state index is 13.2. The molecule has 156 valence electrons. The lowest BCUT2D eigenvalue weighted by atomic mass is 10.1. The van der Waals surface area contributed by atoms with Gasteiger partial charge in [-0.05, 0) is 43.4 Å². The van der Waals surface area contributed by atoms with E-state index in [9.17, 15) is 9.59 Å². The van der Waals surface area contributed by atoms with Crippen molar-refractivity contribution < 1.29 is 9.59 Å². The number of nitrogens with one attached hydrogen (secondary N) is 1. The van der Waals surface area contributed by atoms with Crippen LogP contribution in [0.25, 0.3) is 0 Å². The zero-order valence-electron chi connectivity index (χ0n) is 17.5. The van der Waals surface area contributed by atoms with Gasteiger partial charge < -0.3 is 10.2 Å². The summed E-state index contributed by atoms with van der Waals surface area (Å²) in [6.07, 6.45) is 2.38. The van der Waals surface area contributed by atoms with Crippen molar-refractivity contribution >= 4 is 23.4 Å². The van der Waals surface area contributed by atoms with Crippen LogP contribution in [0, 0.1) is 0 Å². The van der Waals surface area contributed by atoms with E-state index < -0.39 is 6.04 Å². The van der Waals surface area contributed by atoms with Crippen molar-refractivity contribution in [1.29, 1.82) is 0 Å². The predicted octanol–water partition coefficient (Wildman–Crippen LogP) is 4.99. The molecule has 4 nitrogen and oxygen atoms in total. The molecule has 2 amide bonds. The highest BCUT2D eigenvalue weighted by atomic mass is 35.5. The number of carbonyl (C=O) groups excluding carboxylic acids is 2. The number of hydrogen-bond donors (Lipinski definition) is 1. The molecule has 2 rings (SSSR count). The normalized spacial score (nSPS) is 12.8. The fraction of sp³-hybridized carbons (Fsp3) is 0.417. The minimum Gasteiger partial charge on any atom is -0.352 e. The summed E-state index contributed by atoms with van der Waals surface area (Å²) >= 11 is 6.34. The van der Waals surface area contributed by atoms with E-state index in [1.54, 1.807) is 4.90 Å². The number of rotatable bonds is 10. The monoisotopic (exact) mass is 414 g/mol. The molecular formula is C24H31ClN2O2. The van der Waals surface area contributed by atoms with Gasteiger partial charge in [0.25, 0.3) is 0 Å². The maximum absolute atomic E-state index is 13.2. The highest BCUT2D eigenvalue weighted by Crippen LogP contribution is 2.21. The molecule has 0 aromatic heterocycles. The van der Waals surface area contributed by atoms with Crippen molar-refractivity contribution in [2.24, 2.45) is 0 Å². The van der Waals surface area contributed by atoms with E-state index >= 15 is 0 Å². The summed E-state index contributed by atoms with van der Waals surface area (Å²) in [6, 6.07) is 16.9. The molecule has 1 N–H and O–H groups in total. The number of nitrogens with zero attached hydrogens (tertiary/aromatic N) is 1. The van der Waals surface area contributed by atoms with Crippen LogP contribution in [0.15, 0.2) is 54.6 Å². The summed E-state index contributed by atoms with van der Waals surface area (Å²) < 4.78 is 0. The molecule has 0 saturated carbocycles. The van der Waals surface area contributed by atoms with Gasteiger partial charge >= 0.3 is 0 Å². The van der Waals surface area contributed by atoms with Gasteiger partial charge in [0.15, 0.2) is 0 Å². The van der Waals surface area contributed by atoms with E-state index in [1.807, 2.05) is 75.4 Å². The topological polar surface area (TPSA) is 49.4 Å². The molecule has 0 heterocycles. The van der Waals surface area contributed by atoms with Gasteiger partial charge in [-0.15, -0.1) is 0 Å². The van der Waals surface area contributed by atoms with Crippen LogP contribution in [0.3, 0.4) is 0 Å². The van der Waals surface area contributed by atoms with Gasteiger partial charge in [-0.25, -0.2) is 0 Å². The zero-order valence-corrected chi connectivity index (χ0v) is 18.3. The molecule has 0 fully saturated rings. The number of aryl methyl sites for hydroxylation is 1. The second-order valence-electron chi connectivity index (χ2n) is 7.34. The molecule has 0 aliphatic heterocycles. The summed E-state index contributed by atoms with van der Waals surface area (Å²) in [5.74, 6) is -0.151. The Morgan fingerprint density at radius 2 is 1.66 bits per heavy atom. The first-order chi connectivity index (χ1) is 14.0. The Balaban J connectivity index is 2.22. The number of halogens is 1. The molecule has 0 aliphatic carbocycles. The minimum absolute atomic E-state index is 0.0417. The average molecular weight is 415 g/mol. The Kier molecular flexibility index (Phi) is 9.20. The summed E-state index contributed by atoms with van der Waals surface area (Å²) in [6.45, 7) is 6.25. The SMILES string of the molecule is CC[C@H](C(=O)N[C@@H](C)CC)N(Cc1ccccc1Cl)C(=O)CCc1ccccc1. The Morgan fingerprint density at radius 3 is 2.28 bits per heavy atom. The molecule has 0 spiro atoms. The van der Waals surface area contributed by atoms with Gasteiger partial charge in [0.05, 0.1) is 0 Å². The fourth-order valence-electron chi connectivity index (χ4n) is 3.21. The first kappa shape index (κ1) is 23.0. The summed E-state index contributed by atoms with van der Waals surface area (Å²) in [5.41, 5.74) is 1.95. The lowest BCUT2D eigenvalue weighted by Gasteiger charge is -2.31. The van der Waals surface area contributed by atoms with Gasteiger partial charge in [0.1, 0.15) is 6.04 Å². The molecule has 29 heavy (non-hydrogen) atoms. The van der Waals surface area contributed by atoms with E-state index in [0.717, 1.165) is 17.5 Å². The molecule has 0 bridgehead atoms. The molecular weight excluding hydrogens is 384 g/mol. The molecule has 0 saturated heterocycles. The second kappa shape index (κ2) is 11.6. The molecule has 2 aromatic rings. The van der Waals surface area contributed by atoms with Crippen molar-refractivity contribution in [3.05, 3.63) is 70.7 Å². The molecule has 0 radical (unpaired) electrons. The highest BCUT2D eigenvalue weighted by Gasteiger charge is 2.29. The van der Waals surface area contributed by atoms with Crippen LogP contribution >= 0.6 is 11.6 Å². The number of benzene rings is 2. The lowest BCUT2D eigenvalue weighted by Crippen LogP contribution is -2.50. The zero-order chi connectivity index (χ0) is 21.2. The quantitative estimate of drug-likeness (QED) is 0.595. The van der Waals surface area contributed by atoms with Crippen LogP contribution in [0.4, 0.5) is 0 Å². The smallest absolute Gasteiger partial charge is 0.243 e. The van der Waals surface area contributed by atoms with Crippen molar-refractivity contribution in [2.45, 2.75) is 65.1 Å². The third kappa shape index (κ3) is 6.90. The summed E-state index contributed by atoms with van der Waals surface area (Å²) in [4.78, 5) is 27.8. The molecule has 0 aliphatic rings.